The highest BCUT2D eigenvalue weighted by Gasteiger charge is 2.32. The van der Waals surface area contributed by atoms with Crippen LogP contribution in [0.1, 0.15) is 246 Å². The lowest BCUT2D eigenvalue weighted by molar-refractivity contribution is 0.405. The van der Waals surface area contributed by atoms with Gasteiger partial charge in [0.05, 0.1) is 0 Å². The molecule has 0 fully saturated rings. The summed E-state index contributed by atoms with van der Waals surface area (Å²) in [6, 6.07) is 15.7. The van der Waals surface area contributed by atoms with Crippen LogP contribution in [0.5, 0.6) is 0 Å². The lowest BCUT2D eigenvalue weighted by atomic mass is 9.72. The van der Waals surface area contributed by atoms with Gasteiger partial charge in [0.15, 0.2) is 0 Å². The first-order valence-electron chi connectivity index (χ1n) is 23.5. The van der Waals surface area contributed by atoms with Crippen LogP contribution in [0.3, 0.4) is 0 Å². The molecule has 57 heavy (non-hydrogen) atoms. The van der Waals surface area contributed by atoms with E-state index in [0.717, 1.165) is 55.2 Å². The molecule has 1 aromatic heterocycles. The Morgan fingerprint density at radius 3 is 1.12 bits per heavy atom. The predicted octanol–water partition coefficient (Wildman–Crippen LogP) is 17.7. The zero-order valence-corrected chi connectivity index (χ0v) is 41.4. The lowest BCUT2D eigenvalue weighted by Gasteiger charge is -2.33. The van der Waals surface area contributed by atoms with Crippen LogP contribution in [-0.4, -0.2) is 4.98 Å². The van der Waals surface area contributed by atoms with Crippen LogP contribution in [0.2, 0.25) is 0 Å². The van der Waals surface area contributed by atoms with E-state index in [-0.39, 0.29) is 27.5 Å². The van der Waals surface area contributed by atoms with Gasteiger partial charge < -0.3 is 0 Å². The molecule has 0 aliphatic rings. The Bertz CT molecular complexity index is 1540. The molecule has 1 nitrogen and oxygen atoms in total. The first kappa shape index (κ1) is 52.5. The highest BCUT2D eigenvalue weighted by Crippen LogP contribution is 2.40. The Balaban J connectivity index is 0.000000428. The van der Waals surface area contributed by atoms with Crippen molar-refractivity contribution in [3.8, 4) is 0 Å². The summed E-state index contributed by atoms with van der Waals surface area (Å²) < 4.78 is 14.8. The van der Waals surface area contributed by atoms with E-state index in [1.165, 1.54) is 66.5 Å². The molecule has 0 saturated carbocycles. The fourth-order valence-electron chi connectivity index (χ4n) is 8.50. The average Bonchev–Trinajstić information content (AvgIpc) is 3.24. The second-order valence-electron chi connectivity index (χ2n) is 19.2. The number of rotatable bonds is 18. The normalized spacial score (nSPS) is 12.8. The zero-order valence-electron chi connectivity index (χ0n) is 41.4. The van der Waals surface area contributed by atoms with Crippen molar-refractivity contribution in [2.45, 2.75) is 248 Å². The molecular formula is C55H92FN. The molecule has 0 amide bonds. The number of pyridine rings is 1. The molecule has 3 aromatic rings. The second-order valence-corrected chi connectivity index (χ2v) is 19.2. The van der Waals surface area contributed by atoms with Crippen LogP contribution in [0.4, 0.5) is 4.39 Å². The average molecular weight is 786 g/mol. The Morgan fingerprint density at radius 2 is 0.772 bits per heavy atom. The van der Waals surface area contributed by atoms with E-state index in [1.807, 2.05) is 0 Å². The first-order valence-corrected chi connectivity index (χ1v) is 23.5. The molecule has 3 rings (SSSR count). The minimum atomic E-state index is -0.0540. The molecule has 324 valence electrons. The highest BCUT2D eigenvalue weighted by atomic mass is 19.1. The Kier molecular flexibility index (Phi) is 20.5. The molecule has 1 heterocycles. The third-order valence-electron chi connectivity index (χ3n) is 16.6. The van der Waals surface area contributed by atoms with Gasteiger partial charge in [-0.25, -0.2) is 4.39 Å². The van der Waals surface area contributed by atoms with Gasteiger partial charge in [0.25, 0.3) is 0 Å². The van der Waals surface area contributed by atoms with Crippen LogP contribution < -0.4 is 0 Å². The molecule has 0 atom stereocenters. The van der Waals surface area contributed by atoms with Crippen molar-refractivity contribution >= 4 is 0 Å². The molecule has 0 aliphatic carbocycles. The molecule has 0 saturated heterocycles. The third-order valence-corrected chi connectivity index (χ3v) is 16.6. The number of hydrogen-bond acceptors (Lipinski definition) is 1. The molecule has 2 heteroatoms. The van der Waals surface area contributed by atoms with E-state index in [0.29, 0.717) is 10.8 Å². The number of nitrogens with zero attached hydrogens (tertiary/aromatic N) is 1. The van der Waals surface area contributed by atoms with Crippen molar-refractivity contribution in [1.29, 1.82) is 0 Å². The van der Waals surface area contributed by atoms with Gasteiger partial charge >= 0.3 is 0 Å². The van der Waals surface area contributed by atoms with Crippen molar-refractivity contribution in [2.24, 2.45) is 0 Å². The maximum atomic E-state index is 14.8. The summed E-state index contributed by atoms with van der Waals surface area (Å²) in [5.74, 6) is -0.0145. The third kappa shape index (κ3) is 12.1. The van der Waals surface area contributed by atoms with E-state index in [1.54, 1.807) is 6.07 Å². The Hall–Kier alpha value is -2.48. The zero-order chi connectivity index (χ0) is 44.0. The Morgan fingerprint density at radius 1 is 0.404 bits per heavy atom. The van der Waals surface area contributed by atoms with Gasteiger partial charge in [-0.2, -0.15) is 0 Å². The van der Waals surface area contributed by atoms with Gasteiger partial charge in [0.2, 0.25) is 0 Å². The predicted molar refractivity (Wildman–Crippen MR) is 254 cm³/mol. The summed E-state index contributed by atoms with van der Waals surface area (Å²) in [6.07, 6.45) is 15.6. The van der Waals surface area contributed by atoms with Crippen LogP contribution in [0.25, 0.3) is 0 Å². The van der Waals surface area contributed by atoms with Crippen molar-refractivity contribution < 1.29 is 4.39 Å². The monoisotopic (exact) mass is 786 g/mol. The quantitative estimate of drug-likeness (QED) is 0.125. The smallest absolute Gasteiger partial charge is 0.127 e. The lowest BCUT2D eigenvalue weighted by Crippen LogP contribution is -2.25. The number of hydrogen-bond donors (Lipinski definition) is 0. The van der Waals surface area contributed by atoms with E-state index in [2.05, 4.69) is 181 Å². The van der Waals surface area contributed by atoms with E-state index in [9.17, 15) is 4.39 Å². The summed E-state index contributed by atoms with van der Waals surface area (Å²) in [6.45, 7) is 45.1. The summed E-state index contributed by atoms with van der Waals surface area (Å²) in [4.78, 5) is 4.75. The second kappa shape index (κ2) is 22.2. The van der Waals surface area contributed by atoms with Gasteiger partial charge in [-0.15, -0.1) is 0 Å². The van der Waals surface area contributed by atoms with E-state index < -0.39 is 0 Å². The van der Waals surface area contributed by atoms with Crippen molar-refractivity contribution in [2.75, 3.05) is 0 Å². The van der Waals surface area contributed by atoms with Crippen LogP contribution in [0.15, 0.2) is 48.7 Å². The largest absolute Gasteiger partial charge is 0.260 e. The topological polar surface area (TPSA) is 12.9 Å². The summed E-state index contributed by atoms with van der Waals surface area (Å²) in [5.41, 5.74) is 11.5. The summed E-state index contributed by atoms with van der Waals surface area (Å²) in [5, 5.41) is 0. The maximum Gasteiger partial charge on any atom is 0.127 e. The Labute approximate surface area is 355 Å². The summed E-state index contributed by atoms with van der Waals surface area (Å²) in [7, 11) is 0. The number of benzene rings is 2. The van der Waals surface area contributed by atoms with Crippen LogP contribution in [-0.2, 0) is 32.5 Å². The van der Waals surface area contributed by atoms with Gasteiger partial charge in [0, 0.05) is 17.3 Å². The van der Waals surface area contributed by atoms with Crippen molar-refractivity contribution in [3.63, 3.8) is 0 Å². The van der Waals surface area contributed by atoms with Gasteiger partial charge in [-0.3, -0.25) is 4.98 Å². The fourth-order valence-corrected chi connectivity index (χ4v) is 8.50. The standard InChI is InChI=1S/C19H31F.C19H32.C17H29N/c1-8-18(6,9-2)15-12-14(5)17(16(20)13-15)19(7,10-3)11-4;1-8-18(6,9-2)16-12-13-17(15(5)14-16)19(7,10-3)11-4;1-7-16(5,8-2)14-11-12-15(18-13-14)17(6,9-3)10-4/h12-13H,8-11H2,1-7H3;12-14H,8-11H2,1-7H3;11-13H,7-10H2,1-6H3. The van der Waals surface area contributed by atoms with Gasteiger partial charge in [-0.1, -0.05) is 155 Å². The van der Waals surface area contributed by atoms with Crippen LogP contribution in [0, 0.1) is 19.7 Å². The molecule has 0 bridgehead atoms. The number of aromatic nitrogens is 1. The van der Waals surface area contributed by atoms with Gasteiger partial charge in [0.1, 0.15) is 5.82 Å². The molecule has 0 N–H and O–H groups in total. The van der Waals surface area contributed by atoms with E-state index >= 15 is 0 Å². The van der Waals surface area contributed by atoms with E-state index in [4.69, 9.17) is 4.98 Å². The molecular weight excluding hydrogens is 694 g/mol. The molecule has 0 aliphatic heterocycles. The molecule has 2 aromatic carbocycles. The van der Waals surface area contributed by atoms with Crippen molar-refractivity contribution in [1.82, 2.24) is 4.98 Å². The van der Waals surface area contributed by atoms with Crippen molar-refractivity contribution in [3.05, 3.63) is 99.1 Å². The molecule has 0 unspecified atom stereocenters. The first-order chi connectivity index (χ1) is 26.6. The SMILES string of the molecule is CCC(C)(CC)c1cc(C)c(C(C)(CC)CC)c(F)c1.CCC(C)(CC)c1ccc(C(C)(CC)CC)c(C)c1.CCC(C)(CC)c1ccc(C(C)(CC)CC)nc1. The number of aryl methyl sites for hydroxylation is 2. The fraction of sp³-hybridized carbons (Fsp3) is 0.691. The van der Waals surface area contributed by atoms with Crippen LogP contribution >= 0.6 is 0 Å². The van der Waals surface area contributed by atoms with Gasteiger partial charge in [-0.05, 0) is 169 Å². The number of halogens is 1. The highest BCUT2D eigenvalue weighted by molar-refractivity contribution is 5.41. The molecule has 0 spiro atoms. The maximum absolute atomic E-state index is 14.8. The molecule has 0 radical (unpaired) electrons. The minimum Gasteiger partial charge on any atom is -0.260 e. The minimum absolute atomic E-state index is 0.0145. The summed E-state index contributed by atoms with van der Waals surface area (Å²) >= 11 is 0.